The molecule has 1 atom stereocenters. The summed E-state index contributed by atoms with van der Waals surface area (Å²) in [5.41, 5.74) is 4.36. The first-order valence-corrected chi connectivity index (χ1v) is 12.0. The van der Waals surface area contributed by atoms with Gasteiger partial charge in [0.25, 0.3) is 5.91 Å². The lowest BCUT2D eigenvalue weighted by molar-refractivity contribution is 0.0937. The number of hydrogen-bond acceptors (Lipinski definition) is 3. The highest BCUT2D eigenvalue weighted by Crippen LogP contribution is 2.26. The largest absolute Gasteiger partial charge is 0.494 e. The number of aromatic nitrogens is 2. The zero-order valence-corrected chi connectivity index (χ0v) is 21.0. The Morgan fingerprint density at radius 3 is 2.47 bits per heavy atom. The number of halogens is 2. The third-order valence-electron chi connectivity index (χ3n) is 5.74. The van der Waals surface area contributed by atoms with E-state index in [9.17, 15) is 4.79 Å². The molecule has 0 saturated carbocycles. The van der Waals surface area contributed by atoms with Gasteiger partial charge in [0, 0.05) is 11.6 Å². The molecular weight excluding hydrogens is 469 g/mol. The fourth-order valence-corrected chi connectivity index (χ4v) is 4.38. The number of nitrogens with zero attached hydrogens (tertiary/aromatic N) is 2. The van der Waals surface area contributed by atoms with Gasteiger partial charge < -0.3 is 14.6 Å². The van der Waals surface area contributed by atoms with E-state index in [-0.39, 0.29) is 11.9 Å². The van der Waals surface area contributed by atoms with E-state index in [0.29, 0.717) is 23.7 Å². The number of benzene rings is 3. The Balaban J connectivity index is 1.49. The molecule has 0 saturated heterocycles. The summed E-state index contributed by atoms with van der Waals surface area (Å²) in [6.45, 7) is 7.14. The third-order valence-corrected chi connectivity index (χ3v) is 6.67. The highest BCUT2D eigenvalue weighted by Gasteiger charge is 2.20. The van der Waals surface area contributed by atoms with Crippen molar-refractivity contribution in [1.82, 2.24) is 14.9 Å². The molecule has 1 amide bonds. The molecule has 7 heteroatoms. The summed E-state index contributed by atoms with van der Waals surface area (Å²) in [7, 11) is 0. The van der Waals surface area contributed by atoms with Crippen LogP contribution in [0.4, 0.5) is 0 Å². The van der Waals surface area contributed by atoms with Crippen molar-refractivity contribution in [3.8, 4) is 5.75 Å². The van der Waals surface area contributed by atoms with Gasteiger partial charge in [0.05, 0.1) is 34.3 Å². The molecule has 4 rings (SSSR count). The summed E-state index contributed by atoms with van der Waals surface area (Å²) in [4.78, 5) is 17.6. The lowest BCUT2D eigenvalue weighted by atomic mass is 10.1. The van der Waals surface area contributed by atoms with Crippen LogP contribution >= 0.6 is 23.2 Å². The van der Waals surface area contributed by atoms with Crippen molar-refractivity contribution in [1.29, 1.82) is 0 Å². The number of carbonyl (C=O) groups is 1. The van der Waals surface area contributed by atoms with E-state index in [2.05, 4.69) is 9.88 Å². The van der Waals surface area contributed by atoms with Gasteiger partial charge in [-0.25, -0.2) is 4.98 Å². The van der Waals surface area contributed by atoms with E-state index in [1.165, 1.54) is 0 Å². The van der Waals surface area contributed by atoms with Crippen LogP contribution in [0, 0.1) is 13.8 Å². The molecule has 4 aromatic rings. The van der Waals surface area contributed by atoms with Gasteiger partial charge in [0.2, 0.25) is 0 Å². The summed E-state index contributed by atoms with van der Waals surface area (Å²) in [5.74, 6) is 1.38. The highest BCUT2D eigenvalue weighted by molar-refractivity contribution is 6.33. The third kappa shape index (κ3) is 5.21. The van der Waals surface area contributed by atoms with Crippen molar-refractivity contribution in [2.45, 2.75) is 39.8 Å². The van der Waals surface area contributed by atoms with Crippen LogP contribution in [0.15, 0.2) is 60.7 Å². The number of para-hydroxylation sites is 2. The summed E-state index contributed by atoms with van der Waals surface area (Å²) in [6, 6.07) is 18.6. The smallest absolute Gasteiger partial charge is 0.253 e. The monoisotopic (exact) mass is 495 g/mol. The fourth-order valence-electron chi connectivity index (χ4n) is 4.05. The zero-order valence-electron chi connectivity index (χ0n) is 19.4. The van der Waals surface area contributed by atoms with E-state index >= 15 is 0 Å². The summed E-state index contributed by atoms with van der Waals surface area (Å²) in [5, 5.41) is 4.23. The highest BCUT2D eigenvalue weighted by atomic mass is 35.5. The second kappa shape index (κ2) is 10.5. The van der Waals surface area contributed by atoms with Crippen molar-refractivity contribution in [3.05, 3.63) is 93.2 Å². The van der Waals surface area contributed by atoms with Gasteiger partial charge >= 0.3 is 0 Å². The molecule has 1 heterocycles. The van der Waals surface area contributed by atoms with Gasteiger partial charge in [-0.15, -0.1) is 0 Å². The average molecular weight is 496 g/mol. The summed E-state index contributed by atoms with van der Waals surface area (Å²) < 4.78 is 8.14. The van der Waals surface area contributed by atoms with Crippen LogP contribution in [0.3, 0.4) is 0 Å². The number of hydrogen-bond donors (Lipinski definition) is 1. The topological polar surface area (TPSA) is 56.1 Å². The van der Waals surface area contributed by atoms with Gasteiger partial charge in [-0.1, -0.05) is 47.5 Å². The van der Waals surface area contributed by atoms with Gasteiger partial charge in [0.15, 0.2) is 0 Å². The molecule has 3 aromatic carbocycles. The van der Waals surface area contributed by atoms with E-state index in [4.69, 9.17) is 32.9 Å². The van der Waals surface area contributed by atoms with Gasteiger partial charge in [-0.3, -0.25) is 4.79 Å². The second-order valence-electron chi connectivity index (χ2n) is 8.36. The van der Waals surface area contributed by atoms with Crippen LogP contribution in [-0.2, 0) is 6.54 Å². The molecule has 34 heavy (non-hydrogen) atoms. The predicted molar refractivity (Wildman–Crippen MR) is 138 cm³/mol. The lowest BCUT2D eigenvalue weighted by Gasteiger charge is -2.17. The van der Waals surface area contributed by atoms with Crippen LogP contribution in [-0.4, -0.2) is 22.1 Å². The van der Waals surface area contributed by atoms with E-state index in [1.54, 1.807) is 24.3 Å². The molecule has 0 aliphatic heterocycles. The number of rotatable bonds is 8. The molecule has 1 N–H and O–H groups in total. The minimum atomic E-state index is -0.307. The number of amides is 1. The molecule has 0 bridgehead atoms. The Morgan fingerprint density at radius 2 is 1.74 bits per heavy atom. The number of nitrogens with one attached hydrogen (secondary N) is 1. The van der Waals surface area contributed by atoms with Crippen LogP contribution in [0.2, 0.25) is 10.0 Å². The normalized spacial score (nSPS) is 12.0. The van der Waals surface area contributed by atoms with Crippen LogP contribution in [0.1, 0.15) is 46.7 Å². The molecule has 0 aliphatic rings. The Kier molecular flexibility index (Phi) is 7.44. The fraction of sp³-hybridized carbons (Fsp3) is 0.259. The molecule has 0 radical (unpaired) electrons. The first-order valence-electron chi connectivity index (χ1n) is 11.2. The number of carbonyl (C=O) groups excluding carboxylic acids is 1. The van der Waals surface area contributed by atoms with Crippen molar-refractivity contribution in [3.63, 3.8) is 0 Å². The molecule has 0 aliphatic carbocycles. The maximum atomic E-state index is 12.8. The van der Waals surface area contributed by atoms with Gasteiger partial charge in [-0.2, -0.15) is 0 Å². The van der Waals surface area contributed by atoms with Crippen molar-refractivity contribution in [2.75, 3.05) is 6.61 Å². The molecular formula is C27H27Cl2N3O2. The predicted octanol–water partition coefficient (Wildman–Crippen LogP) is 6.92. The minimum absolute atomic E-state index is 0.228. The number of aryl methyl sites for hydroxylation is 3. The Hall–Kier alpha value is -3.02. The first kappa shape index (κ1) is 24.1. The summed E-state index contributed by atoms with van der Waals surface area (Å²) >= 11 is 12.5. The Bertz CT molecular complexity index is 1310. The maximum Gasteiger partial charge on any atom is 0.253 e. The minimum Gasteiger partial charge on any atom is -0.494 e. The SMILES string of the molecule is Cc1cc(OCCCn2c(C(C)NC(=O)c3ccccc3Cl)nc3ccccc32)cc(C)c1Cl. The van der Waals surface area contributed by atoms with Crippen molar-refractivity contribution < 1.29 is 9.53 Å². The number of ether oxygens (including phenoxy) is 1. The standard InChI is InChI=1S/C27H27Cl2N3O2/c1-17-15-20(16-18(2)25(17)29)34-14-8-13-32-24-12-7-6-11-23(24)31-26(32)19(3)30-27(33)21-9-4-5-10-22(21)28/h4-7,9-12,15-16,19H,8,13-14H2,1-3H3,(H,30,33). The Labute approximate surface area is 209 Å². The molecule has 0 fully saturated rings. The van der Waals surface area contributed by atoms with Crippen LogP contribution < -0.4 is 10.1 Å². The average Bonchev–Trinajstić information content (AvgIpc) is 3.19. The quantitative estimate of drug-likeness (QED) is 0.270. The lowest BCUT2D eigenvalue weighted by Crippen LogP contribution is -2.29. The molecule has 1 unspecified atom stereocenters. The summed E-state index contributed by atoms with van der Waals surface area (Å²) in [6.07, 6.45) is 0.777. The van der Waals surface area contributed by atoms with Gasteiger partial charge in [0.1, 0.15) is 11.6 Å². The zero-order chi connectivity index (χ0) is 24.2. The van der Waals surface area contributed by atoms with E-state index in [0.717, 1.165) is 45.2 Å². The van der Waals surface area contributed by atoms with Crippen LogP contribution in [0.5, 0.6) is 5.75 Å². The molecule has 1 aromatic heterocycles. The van der Waals surface area contributed by atoms with E-state index in [1.807, 2.05) is 57.2 Å². The first-order chi connectivity index (χ1) is 16.3. The van der Waals surface area contributed by atoms with Crippen LogP contribution in [0.25, 0.3) is 11.0 Å². The number of imidazole rings is 1. The molecule has 5 nitrogen and oxygen atoms in total. The molecule has 0 spiro atoms. The van der Waals surface area contributed by atoms with E-state index < -0.39 is 0 Å². The van der Waals surface area contributed by atoms with Crippen molar-refractivity contribution >= 4 is 40.1 Å². The molecule has 176 valence electrons. The van der Waals surface area contributed by atoms with Gasteiger partial charge in [-0.05, 0) is 74.7 Å². The second-order valence-corrected chi connectivity index (χ2v) is 9.14. The number of fused-ring (bicyclic) bond motifs is 1. The maximum absolute atomic E-state index is 12.8. The van der Waals surface area contributed by atoms with Crippen molar-refractivity contribution in [2.24, 2.45) is 0 Å². The Morgan fingerprint density at radius 1 is 1.06 bits per heavy atom.